The Balaban J connectivity index is 2.79. The third kappa shape index (κ3) is 1.78. The van der Waals surface area contributed by atoms with E-state index in [1.54, 1.807) is 0 Å². The third-order valence-electron chi connectivity index (χ3n) is 3.18. The molecule has 2 nitrogen and oxygen atoms in total. The normalized spacial score (nSPS) is 33.6. The Morgan fingerprint density at radius 2 is 2.23 bits per heavy atom. The van der Waals surface area contributed by atoms with Crippen LogP contribution >= 0.6 is 0 Å². The summed E-state index contributed by atoms with van der Waals surface area (Å²) in [6.45, 7) is 6.68. The summed E-state index contributed by atoms with van der Waals surface area (Å²) in [5, 5.41) is 0. The van der Waals surface area contributed by atoms with Gasteiger partial charge in [0.15, 0.2) is 5.78 Å². The van der Waals surface area contributed by atoms with Crippen LogP contribution in [0.15, 0.2) is 0 Å². The summed E-state index contributed by atoms with van der Waals surface area (Å²) in [4.78, 5) is 11.8. The second-order valence-electron chi connectivity index (χ2n) is 3.89. The maximum absolute atomic E-state index is 11.8. The molecule has 2 atom stereocenters. The predicted molar refractivity (Wildman–Crippen MR) is 52.7 cm³/mol. The largest absolute Gasteiger partial charge is 0.367 e. The maximum Gasteiger partial charge on any atom is 0.164 e. The van der Waals surface area contributed by atoms with Crippen LogP contribution in [-0.4, -0.2) is 18.0 Å². The molecule has 1 rings (SSSR count). The number of hydrogen-bond acceptors (Lipinski definition) is 2. The smallest absolute Gasteiger partial charge is 0.164 e. The van der Waals surface area contributed by atoms with Crippen molar-refractivity contribution >= 4 is 5.78 Å². The van der Waals surface area contributed by atoms with Crippen molar-refractivity contribution in [3.8, 4) is 0 Å². The molecule has 0 aliphatic heterocycles. The highest BCUT2D eigenvalue weighted by atomic mass is 16.5. The lowest BCUT2D eigenvalue weighted by Gasteiger charge is -2.31. The lowest BCUT2D eigenvalue weighted by atomic mass is 9.86. The zero-order chi connectivity index (χ0) is 9.90. The molecule has 0 saturated heterocycles. The molecule has 0 spiro atoms. The van der Waals surface area contributed by atoms with Crippen molar-refractivity contribution in [1.82, 2.24) is 0 Å². The van der Waals surface area contributed by atoms with Gasteiger partial charge in [0.05, 0.1) is 0 Å². The first-order valence-corrected chi connectivity index (χ1v) is 5.34. The predicted octanol–water partition coefficient (Wildman–Crippen LogP) is 2.56. The molecule has 1 saturated carbocycles. The minimum atomic E-state index is -0.427. The molecule has 0 radical (unpaired) electrons. The fourth-order valence-electron chi connectivity index (χ4n) is 2.42. The molecule has 0 heterocycles. The molecule has 0 amide bonds. The van der Waals surface area contributed by atoms with Crippen molar-refractivity contribution in [1.29, 1.82) is 0 Å². The summed E-state index contributed by atoms with van der Waals surface area (Å²) in [5.41, 5.74) is -0.427. The summed E-state index contributed by atoms with van der Waals surface area (Å²) in [6.07, 6.45) is 3.79. The summed E-state index contributed by atoms with van der Waals surface area (Å²) in [6, 6.07) is 0. The Hall–Kier alpha value is -0.370. The van der Waals surface area contributed by atoms with E-state index in [0.29, 0.717) is 24.7 Å². The molecule has 0 bridgehead atoms. The van der Waals surface area contributed by atoms with E-state index in [-0.39, 0.29) is 0 Å². The number of carbonyl (C=O) groups excluding carboxylic acids is 1. The van der Waals surface area contributed by atoms with Gasteiger partial charge in [-0.15, -0.1) is 0 Å². The van der Waals surface area contributed by atoms with Gasteiger partial charge in [-0.1, -0.05) is 13.8 Å². The maximum atomic E-state index is 11.8. The fourth-order valence-corrected chi connectivity index (χ4v) is 2.42. The van der Waals surface area contributed by atoms with Crippen molar-refractivity contribution in [3.05, 3.63) is 0 Å². The molecule has 2 heteroatoms. The Labute approximate surface area is 80.7 Å². The average Bonchev–Trinajstić information content (AvgIpc) is 2.48. The van der Waals surface area contributed by atoms with Gasteiger partial charge in [-0.2, -0.15) is 0 Å². The minimum absolute atomic E-state index is 0.291. The number of carbonyl (C=O) groups is 1. The Morgan fingerprint density at radius 3 is 2.62 bits per heavy atom. The van der Waals surface area contributed by atoms with Gasteiger partial charge < -0.3 is 4.74 Å². The van der Waals surface area contributed by atoms with Crippen molar-refractivity contribution in [2.75, 3.05) is 6.61 Å². The SMILES string of the molecule is CCOC1(C(=O)CC)CCCC1C. The van der Waals surface area contributed by atoms with Gasteiger partial charge in [0.25, 0.3) is 0 Å². The average molecular weight is 184 g/mol. The second kappa shape index (κ2) is 4.23. The number of hydrogen-bond donors (Lipinski definition) is 0. The van der Waals surface area contributed by atoms with Crippen LogP contribution in [0.3, 0.4) is 0 Å². The van der Waals surface area contributed by atoms with E-state index in [9.17, 15) is 4.79 Å². The van der Waals surface area contributed by atoms with E-state index in [1.807, 2.05) is 13.8 Å². The molecule has 2 unspecified atom stereocenters. The lowest BCUT2D eigenvalue weighted by molar-refractivity contribution is -0.148. The molecule has 1 aliphatic rings. The van der Waals surface area contributed by atoms with Gasteiger partial charge in [0.2, 0.25) is 0 Å². The van der Waals surface area contributed by atoms with Gasteiger partial charge in [0.1, 0.15) is 5.60 Å². The third-order valence-corrected chi connectivity index (χ3v) is 3.18. The first kappa shape index (κ1) is 10.7. The number of ketones is 1. The van der Waals surface area contributed by atoms with Gasteiger partial charge in [-0.25, -0.2) is 0 Å². The van der Waals surface area contributed by atoms with Crippen LogP contribution in [0.1, 0.15) is 46.5 Å². The summed E-state index contributed by atoms with van der Waals surface area (Å²) in [7, 11) is 0. The van der Waals surface area contributed by atoms with Gasteiger partial charge >= 0.3 is 0 Å². The minimum Gasteiger partial charge on any atom is -0.367 e. The topological polar surface area (TPSA) is 26.3 Å². The number of Topliss-reactive ketones (excluding diaryl/α,β-unsaturated/α-hetero) is 1. The van der Waals surface area contributed by atoms with Crippen LogP contribution in [0.25, 0.3) is 0 Å². The number of ether oxygens (including phenoxy) is 1. The lowest BCUT2D eigenvalue weighted by Crippen LogP contribution is -2.43. The summed E-state index contributed by atoms with van der Waals surface area (Å²) < 4.78 is 5.71. The van der Waals surface area contributed by atoms with E-state index in [1.165, 1.54) is 0 Å². The summed E-state index contributed by atoms with van der Waals surface area (Å²) in [5.74, 6) is 0.694. The van der Waals surface area contributed by atoms with Gasteiger partial charge in [-0.3, -0.25) is 4.79 Å². The second-order valence-corrected chi connectivity index (χ2v) is 3.89. The van der Waals surface area contributed by atoms with E-state index in [2.05, 4.69) is 6.92 Å². The molecular formula is C11H20O2. The van der Waals surface area contributed by atoms with Crippen LogP contribution < -0.4 is 0 Å². The van der Waals surface area contributed by atoms with E-state index < -0.39 is 5.60 Å². The van der Waals surface area contributed by atoms with E-state index in [4.69, 9.17) is 4.74 Å². The zero-order valence-electron chi connectivity index (χ0n) is 8.93. The van der Waals surface area contributed by atoms with E-state index >= 15 is 0 Å². The Morgan fingerprint density at radius 1 is 1.54 bits per heavy atom. The molecular weight excluding hydrogens is 164 g/mol. The first-order valence-electron chi connectivity index (χ1n) is 5.34. The van der Waals surface area contributed by atoms with Crippen LogP contribution in [0.4, 0.5) is 0 Å². The van der Waals surface area contributed by atoms with Crippen LogP contribution in [0, 0.1) is 5.92 Å². The number of rotatable bonds is 4. The van der Waals surface area contributed by atoms with Crippen LogP contribution in [-0.2, 0) is 9.53 Å². The van der Waals surface area contributed by atoms with Gasteiger partial charge in [-0.05, 0) is 32.1 Å². The van der Waals surface area contributed by atoms with Gasteiger partial charge in [0, 0.05) is 13.0 Å². The quantitative estimate of drug-likeness (QED) is 0.671. The molecule has 13 heavy (non-hydrogen) atoms. The van der Waals surface area contributed by atoms with E-state index in [0.717, 1.165) is 19.3 Å². The molecule has 76 valence electrons. The molecule has 0 aromatic rings. The Kier molecular flexibility index (Phi) is 3.48. The molecule has 1 fully saturated rings. The fraction of sp³-hybridized carbons (Fsp3) is 0.909. The van der Waals surface area contributed by atoms with Crippen molar-refractivity contribution < 1.29 is 9.53 Å². The summed E-state index contributed by atoms with van der Waals surface area (Å²) >= 11 is 0. The van der Waals surface area contributed by atoms with Crippen molar-refractivity contribution in [2.24, 2.45) is 5.92 Å². The van der Waals surface area contributed by atoms with Crippen LogP contribution in [0.2, 0.25) is 0 Å². The Bertz CT molecular complexity index is 189. The molecule has 1 aliphatic carbocycles. The van der Waals surface area contributed by atoms with Crippen molar-refractivity contribution in [2.45, 2.75) is 52.1 Å². The highest BCUT2D eigenvalue weighted by Gasteiger charge is 2.46. The molecule has 0 aromatic carbocycles. The monoisotopic (exact) mass is 184 g/mol. The highest BCUT2D eigenvalue weighted by Crippen LogP contribution is 2.39. The zero-order valence-corrected chi connectivity index (χ0v) is 8.93. The van der Waals surface area contributed by atoms with Crippen LogP contribution in [0.5, 0.6) is 0 Å². The molecule has 0 aromatic heterocycles. The molecule has 0 N–H and O–H groups in total. The van der Waals surface area contributed by atoms with Crippen molar-refractivity contribution in [3.63, 3.8) is 0 Å². The standard InChI is InChI=1S/C11H20O2/c1-4-10(12)11(13-5-2)8-6-7-9(11)3/h9H,4-8H2,1-3H3. The highest BCUT2D eigenvalue weighted by molar-refractivity contribution is 5.87. The first-order chi connectivity index (χ1) is 6.17.